The highest BCUT2D eigenvalue weighted by Gasteiger charge is 2.31. The third-order valence-electron chi connectivity index (χ3n) is 4.94. The Bertz CT molecular complexity index is 1110. The molecule has 0 aliphatic carbocycles. The molecule has 3 rings (SSSR count). The van der Waals surface area contributed by atoms with E-state index in [4.69, 9.17) is 16.3 Å². The van der Waals surface area contributed by atoms with Crippen LogP contribution in [0.25, 0.3) is 0 Å². The predicted octanol–water partition coefficient (Wildman–Crippen LogP) is 3.59. The first-order valence-electron chi connectivity index (χ1n) is 10.4. The molecule has 1 saturated heterocycles. The molecule has 3 amide bonds. The molecule has 0 bridgehead atoms. The summed E-state index contributed by atoms with van der Waals surface area (Å²) in [7, 11) is 0. The molecule has 1 aromatic heterocycles. The Labute approximate surface area is 210 Å². The topological polar surface area (TPSA) is 99.8 Å². The minimum absolute atomic E-state index is 0.0584. The Hall–Kier alpha value is -2.81. The normalized spacial score (nSPS) is 15.2. The van der Waals surface area contributed by atoms with Gasteiger partial charge in [0.15, 0.2) is 0 Å². The van der Waals surface area contributed by atoms with E-state index in [1.54, 1.807) is 0 Å². The number of hydrogen-bond donors (Lipinski definition) is 3. The van der Waals surface area contributed by atoms with Crippen molar-refractivity contribution in [3.05, 3.63) is 45.1 Å². The summed E-state index contributed by atoms with van der Waals surface area (Å²) in [4.78, 5) is 38.3. The number of rotatable bonds is 9. The summed E-state index contributed by atoms with van der Waals surface area (Å²) < 4.78 is 71.0. The summed E-state index contributed by atoms with van der Waals surface area (Å²) in [5.74, 6) is -2.17. The van der Waals surface area contributed by atoms with Crippen LogP contribution >= 0.6 is 22.9 Å². The van der Waals surface area contributed by atoms with Gasteiger partial charge in [-0.1, -0.05) is 11.6 Å². The Morgan fingerprint density at radius 2 is 1.94 bits per heavy atom. The van der Waals surface area contributed by atoms with E-state index < -0.39 is 55.0 Å². The summed E-state index contributed by atoms with van der Waals surface area (Å²) in [5.41, 5.74) is -0.745. The van der Waals surface area contributed by atoms with Crippen LogP contribution in [0.4, 0.5) is 33.3 Å². The highest BCUT2D eigenvalue weighted by atomic mass is 35.5. The van der Waals surface area contributed by atoms with Crippen LogP contribution in [-0.2, 0) is 14.3 Å². The third-order valence-corrected chi connectivity index (χ3v) is 6.17. The van der Waals surface area contributed by atoms with E-state index >= 15 is 0 Å². The lowest BCUT2D eigenvalue weighted by Crippen LogP contribution is -2.50. The maximum absolute atomic E-state index is 13.7. The fourth-order valence-corrected chi connectivity index (χ4v) is 4.23. The second-order valence-corrected chi connectivity index (χ2v) is 9.24. The van der Waals surface area contributed by atoms with E-state index in [0.717, 1.165) is 22.3 Å². The number of hydrogen-bond acceptors (Lipinski definition) is 6. The molecule has 2 heterocycles. The summed E-state index contributed by atoms with van der Waals surface area (Å²) >= 11 is 6.71. The largest absolute Gasteiger partial charge is 0.401 e. The molecule has 0 radical (unpaired) electrons. The molecular formula is C21H20ClF5N4O4S. The van der Waals surface area contributed by atoms with Gasteiger partial charge in [-0.3, -0.25) is 19.7 Å². The Morgan fingerprint density at radius 3 is 2.56 bits per heavy atom. The van der Waals surface area contributed by atoms with E-state index in [-0.39, 0.29) is 36.0 Å². The van der Waals surface area contributed by atoms with Gasteiger partial charge in [0.1, 0.15) is 12.6 Å². The number of benzene rings is 1. The number of nitrogens with zero attached hydrogens (tertiary/aromatic N) is 1. The van der Waals surface area contributed by atoms with E-state index in [2.05, 4.69) is 10.6 Å². The van der Waals surface area contributed by atoms with Crippen molar-refractivity contribution in [2.45, 2.75) is 18.6 Å². The predicted molar refractivity (Wildman–Crippen MR) is 123 cm³/mol. The number of halogens is 6. The van der Waals surface area contributed by atoms with Gasteiger partial charge in [0.25, 0.3) is 18.2 Å². The summed E-state index contributed by atoms with van der Waals surface area (Å²) in [6.07, 6.45) is -7.66. The molecule has 15 heteroatoms. The van der Waals surface area contributed by atoms with Gasteiger partial charge in [0.05, 0.1) is 28.1 Å². The number of carbonyl (C=O) groups is 3. The van der Waals surface area contributed by atoms with Crippen molar-refractivity contribution in [1.29, 1.82) is 0 Å². The smallest absolute Gasteiger partial charge is 0.370 e. The number of thiophene rings is 1. The van der Waals surface area contributed by atoms with Gasteiger partial charge in [-0.15, -0.1) is 11.3 Å². The average molecular weight is 555 g/mol. The highest BCUT2D eigenvalue weighted by molar-refractivity contribution is 7.18. The molecule has 196 valence electrons. The molecule has 0 spiro atoms. The van der Waals surface area contributed by atoms with Gasteiger partial charge in [-0.25, -0.2) is 8.78 Å². The van der Waals surface area contributed by atoms with Crippen LogP contribution in [-0.4, -0.2) is 62.8 Å². The van der Waals surface area contributed by atoms with Gasteiger partial charge in [0.2, 0.25) is 5.91 Å². The molecule has 1 aliphatic heterocycles. The summed E-state index contributed by atoms with van der Waals surface area (Å²) in [5, 5.41) is 6.64. The van der Waals surface area contributed by atoms with E-state index in [1.807, 2.05) is 5.32 Å². The lowest BCUT2D eigenvalue weighted by molar-refractivity contribution is -0.130. The van der Waals surface area contributed by atoms with Crippen LogP contribution in [0.3, 0.4) is 0 Å². The number of morpholine rings is 1. The van der Waals surface area contributed by atoms with Crippen LogP contribution in [0.15, 0.2) is 30.3 Å². The first-order chi connectivity index (χ1) is 16.9. The first-order valence-corrected chi connectivity index (χ1v) is 11.6. The molecule has 2 aromatic rings. The van der Waals surface area contributed by atoms with Crippen molar-refractivity contribution >= 4 is 52.0 Å². The summed E-state index contributed by atoms with van der Waals surface area (Å²) in [6.45, 7) is -2.12. The third kappa shape index (κ3) is 7.59. The fourth-order valence-electron chi connectivity index (χ4n) is 3.27. The second-order valence-electron chi connectivity index (χ2n) is 7.52. The van der Waals surface area contributed by atoms with Crippen molar-refractivity contribution in [3.63, 3.8) is 0 Å². The molecule has 8 nitrogen and oxygen atoms in total. The maximum atomic E-state index is 13.7. The quantitative estimate of drug-likeness (QED) is 0.412. The van der Waals surface area contributed by atoms with Crippen LogP contribution in [0.5, 0.6) is 0 Å². The number of carbonyl (C=O) groups excluding carboxylic acids is 3. The molecule has 36 heavy (non-hydrogen) atoms. The number of alkyl halides is 5. The van der Waals surface area contributed by atoms with Gasteiger partial charge >= 0.3 is 6.18 Å². The number of anilines is 2. The Balaban J connectivity index is 1.75. The second kappa shape index (κ2) is 12.0. The highest BCUT2D eigenvalue weighted by Crippen LogP contribution is 2.33. The number of amides is 3. The van der Waals surface area contributed by atoms with E-state index in [9.17, 15) is 36.3 Å². The van der Waals surface area contributed by atoms with Gasteiger partial charge in [-0.2, -0.15) is 13.2 Å². The number of nitrogens with one attached hydrogen (secondary N) is 3. The van der Waals surface area contributed by atoms with Crippen LogP contribution in [0.1, 0.15) is 21.7 Å². The fraction of sp³-hybridized carbons (Fsp3) is 0.381. The lowest BCUT2D eigenvalue weighted by atomic mass is 10.1. The standard InChI is InChI=1S/C21H20ClF5N4O4S/c22-16-4-3-15(36-16)20(34)28-8-13(29-10-21(25,26)27)19(33)30-11-1-2-14(12(7-11)18(23)24)31-5-6-35-9-17(31)32/h1-4,7,13,18,29H,5-6,8-10H2,(H,28,34)(H,30,33)/t13-/m1/s1. The van der Waals surface area contributed by atoms with Crippen LogP contribution < -0.4 is 20.9 Å². The minimum atomic E-state index is -4.65. The molecule has 1 atom stereocenters. The Kier molecular flexibility index (Phi) is 9.22. The summed E-state index contributed by atoms with van der Waals surface area (Å²) in [6, 6.07) is 4.71. The molecular weight excluding hydrogens is 535 g/mol. The maximum Gasteiger partial charge on any atom is 0.401 e. The molecule has 1 aromatic carbocycles. The Morgan fingerprint density at radius 1 is 1.19 bits per heavy atom. The van der Waals surface area contributed by atoms with Gasteiger partial charge in [-0.05, 0) is 30.3 Å². The molecule has 0 saturated carbocycles. The van der Waals surface area contributed by atoms with Crippen LogP contribution in [0.2, 0.25) is 4.34 Å². The first kappa shape index (κ1) is 27.8. The van der Waals surface area contributed by atoms with E-state index in [0.29, 0.717) is 4.34 Å². The van der Waals surface area contributed by atoms with Crippen LogP contribution in [0, 0.1) is 0 Å². The molecule has 3 N–H and O–H groups in total. The zero-order valence-corrected chi connectivity index (χ0v) is 19.9. The van der Waals surface area contributed by atoms with Crippen molar-refractivity contribution in [3.8, 4) is 0 Å². The number of ether oxygens (including phenoxy) is 1. The lowest BCUT2D eigenvalue weighted by Gasteiger charge is -2.29. The van der Waals surface area contributed by atoms with E-state index in [1.165, 1.54) is 24.3 Å². The minimum Gasteiger partial charge on any atom is -0.370 e. The zero-order valence-electron chi connectivity index (χ0n) is 18.3. The molecule has 1 fully saturated rings. The SMILES string of the molecule is O=C(NC[C@@H](NCC(F)(F)F)C(=O)Nc1ccc(N2CCOCC2=O)c(C(F)F)c1)c1ccc(Cl)s1. The van der Waals surface area contributed by atoms with Crippen molar-refractivity contribution in [1.82, 2.24) is 10.6 Å². The van der Waals surface area contributed by atoms with Gasteiger partial charge in [0, 0.05) is 24.3 Å². The molecule has 1 aliphatic rings. The van der Waals surface area contributed by atoms with Crippen molar-refractivity contribution in [2.75, 3.05) is 43.1 Å². The molecule has 0 unspecified atom stereocenters. The van der Waals surface area contributed by atoms with Crippen molar-refractivity contribution < 1.29 is 41.1 Å². The monoisotopic (exact) mass is 554 g/mol. The zero-order chi connectivity index (χ0) is 26.5. The van der Waals surface area contributed by atoms with Gasteiger partial charge < -0.3 is 20.3 Å². The average Bonchev–Trinajstić information content (AvgIpc) is 3.25. The van der Waals surface area contributed by atoms with Crippen molar-refractivity contribution in [2.24, 2.45) is 0 Å².